The Balaban J connectivity index is 2.26. The maximum Gasteiger partial charge on any atom is 0.269 e. The Labute approximate surface area is 105 Å². The Kier molecular flexibility index (Phi) is 5.37. The van der Waals surface area contributed by atoms with E-state index in [1.807, 2.05) is 0 Å². The molecule has 0 saturated heterocycles. The van der Waals surface area contributed by atoms with Crippen molar-refractivity contribution in [2.24, 2.45) is 0 Å². The number of hydrazine groups is 1. The predicted octanol–water partition coefficient (Wildman–Crippen LogP) is -0.0262. The Morgan fingerprint density at radius 1 is 1.06 bits per heavy atom. The predicted molar refractivity (Wildman–Crippen MR) is 65.4 cm³/mol. The van der Waals surface area contributed by atoms with Crippen LogP contribution in [0.25, 0.3) is 0 Å². The summed E-state index contributed by atoms with van der Waals surface area (Å²) in [6.07, 6.45) is 0.106. The van der Waals surface area contributed by atoms with Gasteiger partial charge in [0.1, 0.15) is 0 Å². The van der Waals surface area contributed by atoms with Crippen LogP contribution < -0.4 is 16.2 Å². The number of nitrogens with one attached hydrogen (secondary N) is 3. The molecule has 0 spiro atoms. The monoisotopic (exact) mass is 249 g/mol. The SMILES string of the molecule is CC(=O)NCCC(=O)NNC(=O)c1ccccc1. The Bertz CT molecular complexity index is 431. The molecule has 3 N–H and O–H groups in total. The number of carbonyl (C=O) groups excluding carboxylic acids is 3. The summed E-state index contributed by atoms with van der Waals surface area (Å²) in [5.74, 6) is -0.951. The van der Waals surface area contributed by atoms with Gasteiger partial charge in [-0.3, -0.25) is 25.2 Å². The number of rotatable bonds is 4. The fourth-order valence-electron chi connectivity index (χ4n) is 1.20. The zero-order chi connectivity index (χ0) is 13.4. The van der Waals surface area contributed by atoms with Gasteiger partial charge in [-0.2, -0.15) is 0 Å². The molecule has 0 radical (unpaired) electrons. The smallest absolute Gasteiger partial charge is 0.269 e. The highest BCUT2D eigenvalue weighted by Gasteiger charge is 2.06. The normalized spacial score (nSPS) is 9.39. The molecular weight excluding hydrogens is 234 g/mol. The summed E-state index contributed by atoms with van der Waals surface area (Å²) < 4.78 is 0. The molecule has 0 atom stereocenters. The van der Waals surface area contributed by atoms with E-state index in [2.05, 4.69) is 16.2 Å². The largest absolute Gasteiger partial charge is 0.356 e. The number of carbonyl (C=O) groups is 3. The lowest BCUT2D eigenvalue weighted by Crippen LogP contribution is -2.42. The second-order valence-electron chi connectivity index (χ2n) is 3.60. The van der Waals surface area contributed by atoms with Crippen LogP contribution in [-0.4, -0.2) is 24.3 Å². The summed E-state index contributed by atoms with van der Waals surface area (Å²) in [6, 6.07) is 8.53. The van der Waals surface area contributed by atoms with E-state index in [4.69, 9.17) is 0 Å². The first-order valence-corrected chi connectivity index (χ1v) is 5.48. The van der Waals surface area contributed by atoms with Crippen molar-refractivity contribution >= 4 is 17.7 Å². The van der Waals surface area contributed by atoms with Crippen LogP contribution in [0, 0.1) is 0 Å². The van der Waals surface area contributed by atoms with Crippen LogP contribution in [0.4, 0.5) is 0 Å². The minimum Gasteiger partial charge on any atom is -0.356 e. The maximum absolute atomic E-state index is 11.5. The number of amides is 3. The van der Waals surface area contributed by atoms with E-state index < -0.39 is 0 Å². The lowest BCUT2D eigenvalue weighted by atomic mass is 10.2. The summed E-state index contributed by atoms with van der Waals surface area (Å²) in [6.45, 7) is 1.61. The van der Waals surface area contributed by atoms with Crippen molar-refractivity contribution in [1.29, 1.82) is 0 Å². The molecule has 0 aliphatic rings. The Morgan fingerprint density at radius 2 is 1.72 bits per heavy atom. The molecule has 1 rings (SSSR count). The van der Waals surface area contributed by atoms with Gasteiger partial charge in [0.25, 0.3) is 5.91 Å². The van der Waals surface area contributed by atoms with Crippen molar-refractivity contribution < 1.29 is 14.4 Å². The Morgan fingerprint density at radius 3 is 2.33 bits per heavy atom. The highest BCUT2D eigenvalue weighted by molar-refractivity contribution is 5.95. The third-order valence-electron chi connectivity index (χ3n) is 2.08. The summed E-state index contributed by atoms with van der Waals surface area (Å²) >= 11 is 0. The average Bonchev–Trinajstić information content (AvgIpc) is 2.36. The quantitative estimate of drug-likeness (QED) is 0.655. The molecule has 1 aromatic rings. The van der Waals surface area contributed by atoms with Gasteiger partial charge >= 0.3 is 0 Å². The molecule has 18 heavy (non-hydrogen) atoms. The molecule has 0 aliphatic heterocycles. The van der Waals surface area contributed by atoms with Crippen LogP contribution in [0.3, 0.4) is 0 Å². The zero-order valence-corrected chi connectivity index (χ0v) is 10.0. The molecule has 0 bridgehead atoms. The molecule has 0 aromatic heterocycles. The maximum atomic E-state index is 11.5. The molecular formula is C12H15N3O3. The van der Waals surface area contributed by atoms with Crippen LogP contribution in [0.2, 0.25) is 0 Å². The fraction of sp³-hybridized carbons (Fsp3) is 0.250. The van der Waals surface area contributed by atoms with E-state index in [0.29, 0.717) is 5.56 Å². The fourth-order valence-corrected chi connectivity index (χ4v) is 1.20. The second-order valence-corrected chi connectivity index (χ2v) is 3.60. The molecule has 0 saturated carbocycles. The summed E-state index contributed by atoms with van der Waals surface area (Å²) in [5.41, 5.74) is 5.01. The average molecular weight is 249 g/mol. The molecule has 0 heterocycles. The molecule has 3 amide bonds. The first kappa shape index (κ1) is 13.7. The first-order valence-electron chi connectivity index (χ1n) is 5.48. The second kappa shape index (κ2) is 7.05. The van der Waals surface area contributed by atoms with Crippen molar-refractivity contribution in [3.8, 4) is 0 Å². The highest BCUT2D eigenvalue weighted by atomic mass is 16.2. The van der Waals surface area contributed by atoms with Gasteiger partial charge in [0.2, 0.25) is 11.8 Å². The molecule has 6 heteroatoms. The van der Waals surface area contributed by atoms with Crippen molar-refractivity contribution in [2.45, 2.75) is 13.3 Å². The van der Waals surface area contributed by atoms with Crippen molar-refractivity contribution in [3.05, 3.63) is 35.9 Å². The van der Waals surface area contributed by atoms with Gasteiger partial charge in [0.05, 0.1) is 0 Å². The van der Waals surface area contributed by atoms with E-state index in [9.17, 15) is 14.4 Å². The Hall–Kier alpha value is -2.37. The van der Waals surface area contributed by atoms with Gasteiger partial charge in [-0.1, -0.05) is 18.2 Å². The number of hydrogen-bond acceptors (Lipinski definition) is 3. The molecule has 0 unspecified atom stereocenters. The van der Waals surface area contributed by atoms with E-state index in [1.54, 1.807) is 30.3 Å². The molecule has 6 nitrogen and oxygen atoms in total. The molecule has 96 valence electrons. The standard InChI is InChI=1S/C12H15N3O3/c1-9(16)13-8-7-11(17)14-15-12(18)10-5-3-2-4-6-10/h2-6H,7-8H2,1H3,(H,13,16)(H,14,17)(H,15,18). The first-order chi connectivity index (χ1) is 8.59. The van der Waals surface area contributed by atoms with Crippen LogP contribution in [0.15, 0.2) is 30.3 Å². The number of hydrogen-bond donors (Lipinski definition) is 3. The van der Waals surface area contributed by atoms with Crippen LogP contribution in [-0.2, 0) is 9.59 Å². The van der Waals surface area contributed by atoms with Gasteiger partial charge in [-0.05, 0) is 12.1 Å². The lowest BCUT2D eigenvalue weighted by Gasteiger charge is -2.07. The minimum atomic E-state index is -0.386. The summed E-state index contributed by atoms with van der Waals surface area (Å²) in [7, 11) is 0. The number of benzene rings is 1. The van der Waals surface area contributed by atoms with E-state index in [-0.39, 0.29) is 30.7 Å². The van der Waals surface area contributed by atoms with Crippen molar-refractivity contribution in [3.63, 3.8) is 0 Å². The van der Waals surface area contributed by atoms with E-state index in [1.165, 1.54) is 6.92 Å². The van der Waals surface area contributed by atoms with Gasteiger partial charge in [0.15, 0.2) is 0 Å². The van der Waals surface area contributed by atoms with Crippen LogP contribution in [0.5, 0.6) is 0 Å². The zero-order valence-electron chi connectivity index (χ0n) is 10.0. The summed E-state index contributed by atoms with van der Waals surface area (Å²) in [5, 5.41) is 2.48. The topological polar surface area (TPSA) is 87.3 Å². The lowest BCUT2D eigenvalue weighted by molar-refractivity contribution is -0.122. The van der Waals surface area contributed by atoms with Gasteiger partial charge in [-0.25, -0.2) is 0 Å². The van der Waals surface area contributed by atoms with E-state index >= 15 is 0 Å². The van der Waals surface area contributed by atoms with Crippen molar-refractivity contribution in [2.75, 3.05) is 6.54 Å². The van der Waals surface area contributed by atoms with Gasteiger partial charge in [0, 0.05) is 25.5 Å². The molecule has 0 aliphatic carbocycles. The minimum absolute atomic E-state index is 0.106. The van der Waals surface area contributed by atoms with Gasteiger partial charge < -0.3 is 5.32 Å². The molecule has 1 aromatic carbocycles. The highest BCUT2D eigenvalue weighted by Crippen LogP contribution is 1.96. The third kappa shape index (κ3) is 5.11. The van der Waals surface area contributed by atoms with Crippen LogP contribution >= 0.6 is 0 Å². The van der Waals surface area contributed by atoms with Gasteiger partial charge in [-0.15, -0.1) is 0 Å². The summed E-state index contributed by atoms with van der Waals surface area (Å²) in [4.78, 5) is 33.4. The third-order valence-corrected chi connectivity index (χ3v) is 2.08. The van der Waals surface area contributed by atoms with Crippen molar-refractivity contribution in [1.82, 2.24) is 16.2 Å². The molecule has 0 fully saturated rings. The van der Waals surface area contributed by atoms with E-state index in [0.717, 1.165) is 0 Å². The van der Waals surface area contributed by atoms with Crippen LogP contribution in [0.1, 0.15) is 23.7 Å².